The zero-order valence-electron chi connectivity index (χ0n) is 9.02. The third kappa shape index (κ3) is 2.49. The lowest BCUT2D eigenvalue weighted by Crippen LogP contribution is -2.50. The normalized spacial score (nSPS) is 26.7. The topological polar surface area (TPSA) is 49.8 Å². The van der Waals surface area contributed by atoms with Crippen LogP contribution in [0.15, 0.2) is 0 Å². The second kappa shape index (κ2) is 4.94. The summed E-state index contributed by atoms with van der Waals surface area (Å²) in [7, 11) is 0. The molecule has 1 saturated heterocycles. The van der Waals surface area contributed by atoms with Crippen LogP contribution in [0.1, 0.15) is 25.7 Å². The SMILES string of the molecule is O=C(O)C(C1CCCC1)N1CCOCC1. The summed E-state index contributed by atoms with van der Waals surface area (Å²) < 4.78 is 5.26. The molecule has 4 nitrogen and oxygen atoms in total. The Bertz CT molecular complexity index is 220. The van der Waals surface area contributed by atoms with E-state index in [-0.39, 0.29) is 6.04 Å². The van der Waals surface area contributed by atoms with Gasteiger partial charge in [0.2, 0.25) is 0 Å². The molecule has 0 bridgehead atoms. The van der Waals surface area contributed by atoms with E-state index in [4.69, 9.17) is 4.74 Å². The molecule has 0 spiro atoms. The predicted molar refractivity (Wildman–Crippen MR) is 55.8 cm³/mol. The summed E-state index contributed by atoms with van der Waals surface area (Å²) in [6.07, 6.45) is 4.54. The van der Waals surface area contributed by atoms with Crippen molar-refractivity contribution >= 4 is 5.97 Å². The fourth-order valence-corrected chi connectivity index (χ4v) is 2.78. The van der Waals surface area contributed by atoms with Crippen LogP contribution >= 0.6 is 0 Å². The molecule has 1 aliphatic heterocycles. The fraction of sp³-hybridized carbons (Fsp3) is 0.909. The number of rotatable bonds is 3. The number of hydrogen-bond acceptors (Lipinski definition) is 3. The molecule has 1 N–H and O–H groups in total. The minimum absolute atomic E-state index is 0.267. The summed E-state index contributed by atoms with van der Waals surface area (Å²) in [5.74, 6) is -0.288. The van der Waals surface area contributed by atoms with Gasteiger partial charge in [-0.05, 0) is 18.8 Å². The van der Waals surface area contributed by atoms with Crippen LogP contribution in [0.25, 0.3) is 0 Å². The Kier molecular flexibility index (Phi) is 3.59. The van der Waals surface area contributed by atoms with Crippen molar-refractivity contribution < 1.29 is 14.6 Å². The van der Waals surface area contributed by atoms with Gasteiger partial charge in [0, 0.05) is 13.1 Å². The van der Waals surface area contributed by atoms with E-state index in [2.05, 4.69) is 4.90 Å². The van der Waals surface area contributed by atoms with Crippen molar-refractivity contribution in [1.82, 2.24) is 4.90 Å². The van der Waals surface area contributed by atoms with E-state index in [0.717, 1.165) is 25.9 Å². The van der Waals surface area contributed by atoms with E-state index >= 15 is 0 Å². The second-order valence-corrected chi connectivity index (χ2v) is 4.48. The molecule has 2 fully saturated rings. The van der Waals surface area contributed by atoms with Crippen molar-refractivity contribution in [2.45, 2.75) is 31.7 Å². The Labute approximate surface area is 90.2 Å². The number of morpholine rings is 1. The Hall–Kier alpha value is -0.610. The Morgan fingerprint density at radius 3 is 2.40 bits per heavy atom. The highest BCUT2D eigenvalue weighted by atomic mass is 16.5. The van der Waals surface area contributed by atoms with Crippen LogP contribution < -0.4 is 0 Å². The first kappa shape index (κ1) is 10.9. The summed E-state index contributed by atoms with van der Waals surface area (Å²) in [6.45, 7) is 2.90. The number of carboxylic acid groups (broad SMARTS) is 1. The lowest BCUT2D eigenvalue weighted by atomic mass is 9.96. The van der Waals surface area contributed by atoms with E-state index in [9.17, 15) is 9.90 Å². The monoisotopic (exact) mass is 213 g/mol. The number of carbonyl (C=O) groups is 1. The van der Waals surface area contributed by atoms with Crippen LogP contribution in [0.4, 0.5) is 0 Å². The molecule has 15 heavy (non-hydrogen) atoms. The molecule has 2 rings (SSSR count). The molecule has 0 aromatic rings. The van der Waals surface area contributed by atoms with E-state index < -0.39 is 5.97 Å². The molecule has 0 aromatic carbocycles. The lowest BCUT2D eigenvalue weighted by Gasteiger charge is -2.35. The van der Waals surface area contributed by atoms with Gasteiger partial charge in [-0.2, -0.15) is 0 Å². The molecule has 0 radical (unpaired) electrons. The van der Waals surface area contributed by atoms with Gasteiger partial charge >= 0.3 is 5.97 Å². The number of ether oxygens (including phenoxy) is 1. The number of aliphatic carboxylic acids is 1. The van der Waals surface area contributed by atoms with Crippen LogP contribution in [0.2, 0.25) is 0 Å². The van der Waals surface area contributed by atoms with Crippen molar-refractivity contribution in [2.75, 3.05) is 26.3 Å². The summed E-state index contributed by atoms with van der Waals surface area (Å²) in [5, 5.41) is 9.30. The Morgan fingerprint density at radius 2 is 1.87 bits per heavy atom. The minimum Gasteiger partial charge on any atom is -0.480 e. The molecule has 1 heterocycles. The molecule has 0 amide bonds. The van der Waals surface area contributed by atoms with Gasteiger partial charge in [0.15, 0.2) is 0 Å². The van der Waals surface area contributed by atoms with Gasteiger partial charge in [0.1, 0.15) is 6.04 Å². The minimum atomic E-state index is -0.649. The van der Waals surface area contributed by atoms with Gasteiger partial charge in [-0.3, -0.25) is 9.69 Å². The van der Waals surface area contributed by atoms with Gasteiger partial charge in [-0.25, -0.2) is 0 Å². The van der Waals surface area contributed by atoms with E-state index in [0.29, 0.717) is 19.1 Å². The second-order valence-electron chi connectivity index (χ2n) is 4.48. The number of hydrogen-bond donors (Lipinski definition) is 1. The average molecular weight is 213 g/mol. The molecule has 1 saturated carbocycles. The molecule has 2 aliphatic rings. The van der Waals surface area contributed by atoms with Crippen LogP contribution in [-0.2, 0) is 9.53 Å². The summed E-state index contributed by atoms with van der Waals surface area (Å²) in [4.78, 5) is 13.4. The van der Waals surface area contributed by atoms with Crippen molar-refractivity contribution in [1.29, 1.82) is 0 Å². The molecule has 1 unspecified atom stereocenters. The summed E-state index contributed by atoms with van der Waals surface area (Å²) in [5.41, 5.74) is 0. The van der Waals surface area contributed by atoms with Gasteiger partial charge in [-0.15, -0.1) is 0 Å². The number of carboxylic acids is 1. The van der Waals surface area contributed by atoms with Gasteiger partial charge in [0.05, 0.1) is 13.2 Å². The first-order valence-corrected chi connectivity index (χ1v) is 5.83. The quantitative estimate of drug-likeness (QED) is 0.758. The van der Waals surface area contributed by atoms with Crippen molar-refractivity contribution in [2.24, 2.45) is 5.92 Å². The van der Waals surface area contributed by atoms with Crippen LogP contribution in [-0.4, -0.2) is 48.3 Å². The maximum atomic E-state index is 11.3. The molecule has 1 atom stereocenters. The van der Waals surface area contributed by atoms with Crippen molar-refractivity contribution in [3.8, 4) is 0 Å². The molecule has 86 valence electrons. The van der Waals surface area contributed by atoms with E-state index in [1.54, 1.807) is 0 Å². The zero-order valence-corrected chi connectivity index (χ0v) is 9.02. The van der Waals surface area contributed by atoms with Gasteiger partial charge in [-0.1, -0.05) is 12.8 Å². The van der Waals surface area contributed by atoms with Crippen molar-refractivity contribution in [3.05, 3.63) is 0 Å². The van der Waals surface area contributed by atoms with Crippen molar-refractivity contribution in [3.63, 3.8) is 0 Å². The standard InChI is InChI=1S/C11H19NO3/c13-11(14)10(9-3-1-2-4-9)12-5-7-15-8-6-12/h9-10H,1-8H2,(H,13,14). The number of nitrogens with zero attached hydrogens (tertiary/aromatic N) is 1. The zero-order chi connectivity index (χ0) is 10.7. The highest BCUT2D eigenvalue weighted by Crippen LogP contribution is 2.30. The van der Waals surface area contributed by atoms with Crippen LogP contribution in [0.3, 0.4) is 0 Å². The Balaban J connectivity index is 2.00. The highest BCUT2D eigenvalue weighted by molar-refractivity contribution is 5.74. The maximum absolute atomic E-state index is 11.3. The first-order valence-electron chi connectivity index (χ1n) is 5.83. The third-order valence-corrected chi connectivity index (χ3v) is 3.54. The van der Waals surface area contributed by atoms with E-state index in [1.165, 1.54) is 12.8 Å². The Morgan fingerprint density at radius 1 is 1.27 bits per heavy atom. The molecule has 0 aromatic heterocycles. The fourth-order valence-electron chi connectivity index (χ4n) is 2.78. The first-order chi connectivity index (χ1) is 7.29. The lowest BCUT2D eigenvalue weighted by molar-refractivity contribution is -0.147. The summed E-state index contributed by atoms with van der Waals surface area (Å²) >= 11 is 0. The molecule has 1 aliphatic carbocycles. The summed E-state index contributed by atoms with van der Waals surface area (Å²) in [6, 6.07) is -0.267. The van der Waals surface area contributed by atoms with E-state index in [1.807, 2.05) is 0 Å². The van der Waals surface area contributed by atoms with Gasteiger partial charge < -0.3 is 9.84 Å². The smallest absolute Gasteiger partial charge is 0.321 e. The molecular weight excluding hydrogens is 194 g/mol. The third-order valence-electron chi connectivity index (χ3n) is 3.54. The predicted octanol–water partition coefficient (Wildman–Crippen LogP) is 0.962. The maximum Gasteiger partial charge on any atom is 0.321 e. The van der Waals surface area contributed by atoms with Gasteiger partial charge in [0.25, 0.3) is 0 Å². The molecule has 4 heteroatoms. The largest absolute Gasteiger partial charge is 0.480 e. The van der Waals surface area contributed by atoms with Crippen LogP contribution in [0.5, 0.6) is 0 Å². The highest BCUT2D eigenvalue weighted by Gasteiger charge is 2.35. The molecular formula is C11H19NO3. The average Bonchev–Trinajstić information content (AvgIpc) is 2.72. The van der Waals surface area contributed by atoms with Crippen LogP contribution in [0, 0.1) is 5.92 Å².